The standard InChI is InChI=1S/C21H22N2O4/c1-15-6-8-17(9-7-15)10-11-20(25)22-12-13-23-21(26)18-4-3-5-19(14-18)27-16(2)24/h3-11,14H,12-13H2,1-2H3,(H,22,25)(H,23,26)/b11-10+. The third-order valence-electron chi connectivity index (χ3n) is 3.57. The van der Waals surface area contributed by atoms with Gasteiger partial charge in [-0.15, -0.1) is 0 Å². The highest BCUT2D eigenvalue weighted by Crippen LogP contribution is 2.13. The Balaban J connectivity index is 1.74. The van der Waals surface area contributed by atoms with Crippen molar-refractivity contribution in [1.29, 1.82) is 0 Å². The van der Waals surface area contributed by atoms with Crippen LogP contribution in [0.15, 0.2) is 54.6 Å². The predicted octanol–water partition coefficient (Wildman–Crippen LogP) is 2.48. The normalized spacial score (nSPS) is 10.4. The van der Waals surface area contributed by atoms with Gasteiger partial charge in [-0.25, -0.2) is 0 Å². The van der Waals surface area contributed by atoms with Gasteiger partial charge in [-0.1, -0.05) is 35.9 Å². The number of hydrogen-bond donors (Lipinski definition) is 2. The Morgan fingerprint density at radius 1 is 1.00 bits per heavy atom. The summed E-state index contributed by atoms with van der Waals surface area (Å²) in [5, 5.41) is 5.40. The molecule has 0 fully saturated rings. The summed E-state index contributed by atoms with van der Waals surface area (Å²) in [6, 6.07) is 14.1. The first-order chi connectivity index (χ1) is 12.9. The Kier molecular flexibility index (Phi) is 7.31. The molecule has 0 aliphatic rings. The van der Waals surface area contributed by atoms with Crippen molar-refractivity contribution in [2.24, 2.45) is 0 Å². The molecule has 0 atom stereocenters. The first-order valence-electron chi connectivity index (χ1n) is 8.53. The number of amides is 2. The van der Waals surface area contributed by atoms with Gasteiger partial charge in [0.15, 0.2) is 0 Å². The minimum Gasteiger partial charge on any atom is -0.427 e. The molecule has 2 rings (SSSR count). The van der Waals surface area contributed by atoms with Gasteiger partial charge in [0.1, 0.15) is 5.75 Å². The number of esters is 1. The number of carbonyl (C=O) groups excluding carboxylic acids is 3. The molecule has 2 N–H and O–H groups in total. The molecule has 2 amide bonds. The number of hydrogen-bond acceptors (Lipinski definition) is 4. The van der Waals surface area contributed by atoms with Crippen molar-refractivity contribution in [3.05, 3.63) is 71.3 Å². The smallest absolute Gasteiger partial charge is 0.308 e. The van der Waals surface area contributed by atoms with E-state index in [1.807, 2.05) is 31.2 Å². The molecular weight excluding hydrogens is 344 g/mol. The van der Waals surface area contributed by atoms with Gasteiger partial charge in [0.25, 0.3) is 5.91 Å². The minimum absolute atomic E-state index is 0.235. The molecule has 0 aliphatic carbocycles. The van der Waals surface area contributed by atoms with Crippen LogP contribution in [0.5, 0.6) is 5.75 Å². The Labute approximate surface area is 158 Å². The molecule has 2 aromatic rings. The molecule has 0 radical (unpaired) electrons. The average Bonchev–Trinajstić information content (AvgIpc) is 2.64. The Bertz CT molecular complexity index is 842. The van der Waals surface area contributed by atoms with Gasteiger partial charge in [-0.05, 0) is 36.8 Å². The van der Waals surface area contributed by atoms with Crippen LogP contribution in [-0.2, 0) is 9.59 Å². The summed E-state index contributed by atoms with van der Waals surface area (Å²) in [4.78, 5) is 34.8. The van der Waals surface area contributed by atoms with E-state index in [4.69, 9.17) is 4.74 Å². The molecule has 0 aromatic heterocycles. The van der Waals surface area contributed by atoms with Gasteiger partial charge in [-0.3, -0.25) is 14.4 Å². The Hall–Kier alpha value is -3.41. The summed E-state index contributed by atoms with van der Waals surface area (Å²) in [5.41, 5.74) is 2.47. The second kappa shape index (κ2) is 9.91. The minimum atomic E-state index is -0.450. The van der Waals surface area contributed by atoms with Crippen LogP contribution in [0.1, 0.15) is 28.4 Å². The molecule has 6 heteroatoms. The number of aryl methyl sites for hydroxylation is 1. The largest absolute Gasteiger partial charge is 0.427 e. The van der Waals surface area contributed by atoms with Crippen LogP contribution in [0, 0.1) is 6.92 Å². The lowest BCUT2D eigenvalue weighted by molar-refractivity contribution is -0.131. The lowest BCUT2D eigenvalue weighted by Crippen LogP contribution is -2.34. The number of rotatable bonds is 7. The van der Waals surface area contributed by atoms with Crippen LogP contribution in [0.25, 0.3) is 6.08 Å². The molecule has 0 bridgehead atoms. The lowest BCUT2D eigenvalue weighted by Gasteiger charge is -2.07. The highest BCUT2D eigenvalue weighted by Gasteiger charge is 2.07. The Morgan fingerprint density at radius 3 is 2.41 bits per heavy atom. The van der Waals surface area contributed by atoms with Gasteiger partial charge in [0.2, 0.25) is 5.91 Å². The molecule has 27 heavy (non-hydrogen) atoms. The fourth-order valence-electron chi connectivity index (χ4n) is 2.24. The molecule has 6 nitrogen and oxygen atoms in total. The summed E-state index contributed by atoms with van der Waals surface area (Å²) in [6.07, 6.45) is 3.18. The zero-order valence-corrected chi connectivity index (χ0v) is 15.3. The van der Waals surface area contributed by atoms with E-state index in [2.05, 4.69) is 10.6 Å². The number of benzene rings is 2. The first-order valence-corrected chi connectivity index (χ1v) is 8.53. The molecule has 0 saturated carbocycles. The van der Waals surface area contributed by atoms with Gasteiger partial charge in [0, 0.05) is 31.7 Å². The van der Waals surface area contributed by atoms with Crippen LogP contribution < -0.4 is 15.4 Å². The van der Waals surface area contributed by atoms with E-state index in [-0.39, 0.29) is 18.4 Å². The molecule has 0 saturated heterocycles. The molecule has 0 unspecified atom stereocenters. The molecular formula is C21H22N2O4. The third kappa shape index (κ3) is 7.15. The Morgan fingerprint density at radius 2 is 1.70 bits per heavy atom. The highest BCUT2D eigenvalue weighted by atomic mass is 16.5. The van der Waals surface area contributed by atoms with Crippen LogP contribution in [-0.4, -0.2) is 30.9 Å². The van der Waals surface area contributed by atoms with Crippen LogP contribution >= 0.6 is 0 Å². The fourth-order valence-corrected chi connectivity index (χ4v) is 2.24. The summed E-state index contributed by atoms with van der Waals surface area (Å²) < 4.78 is 4.95. The van der Waals surface area contributed by atoms with Crippen molar-refractivity contribution in [3.8, 4) is 5.75 Å². The van der Waals surface area contributed by atoms with E-state index in [1.165, 1.54) is 19.1 Å². The highest BCUT2D eigenvalue weighted by molar-refractivity contribution is 5.95. The maximum absolute atomic E-state index is 12.1. The number of nitrogens with one attached hydrogen (secondary N) is 2. The van der Waals surface area contributed by atoms with Gasteiger partial charge >= 0.3 is 5.97 Å². The van der Waals surface area contributed by atoms with E-state index in [1.54, 1.807) is 24.3 Å². The zero-order chi connectivity index (χ0) is 19.6. The summed E-state index contributed by atoms with van der Waals surface area (Å²) in [5.74, 6) is -0.686. The van der Waals surface area contributed by atoms with E-state index in [0.717, 1.165) is 11.1 Å². The molecule has 0 aliphatic heterocycles. The monoisotopic (exact) mass is 366 g/mol. The van der Waals surface area contributed by atoms with E-state index in [9.17, 15) is 14.4 Å². The number of ether oxygens (including phenoxy) is 1. The number of carbonyl (C=O) groups is 3. The van der Waals surface area contributed by atoms with Crippen molar-refractivity contribution < 1.29 is 19.1 Å². The topological polar surface area (TPSA) is 84.5 Å². The van der Waals surface area contributed by atoms with Gasteiger partial charge in [0.05, 0.1) is 0 Å². The van der Waals surface area contributed by atoms with Crippen LogP contribution in [0.4, 0.5) is 0 Å². The third-order valence-corrected chi connectivity index (χ3v) is 3.57. The van der Waals surface area contributed by atoms with Crippen molar-refractivity contribution >= 4 is 23.9 Å². The predicted molar refractivity (Wildman–Crippen MR) is 103 cm³/mol. The molecule has 2 aromatic carbocycles. The van der Waals surface area contributed by atoms with Crippen molar-refractivity contribution in [2.75, 3.05) is 13.1 Å². The first kappa shape index (κ1) is 19.9. The second-order valence-corrected chi connectivity index (χ2v) is 5.91. The quantitative estimate of drug-likeness (QED) is 0.341. The second-order valence-electron chi connectivity index (χ2n) is 5.91. The maximum Gasteiger partial charge on any atom is 0.308 e. The van der Waals surface area contributed by atoms with Crippen molar-refractivity contribution in [1.82, 2.24) is 10.6 Å². The lowest BCUT2D eigenvalue weighted by atomic mass is 10.1. The SMILES string of the molecule is CC(=O)Oc1cccc(C(=O)NCCNC(=O)/C=C/c2ccc(C)cc2)c1. The van der Waals surface area contributed by atoms with E-state index >= 15 is 0 Å². The zero-order valence-electron chi connectivity index (χ0n) is 15.3. The van der Waals surface area contributed by atoms with Gasteiger partial charge < -0.3 is 15.4 Å². The van der Waals surface area contributed by atoms with E-state index in [0.29, 0.717) is 17.9 Å². The van der Waals surface area contributed by atoms with Crippen LogP contribution in [0.3, 0.4) is 0 Å². The van der Waals surface area contributed by atoms with E-state index < -0.39 is 5.97 Å². The summed E-state index contributed by atoms with van der Waals surface area (Å²) in [6.45, 7) is 3.87. The summed E-state index contributed by atoms with van der Waals surface area (Å²) >= 11 is 0. The average molecular weight is 366 g/mol. The van der Waals surface area contributed by atoms with Gasteiger partial charge in [-0.2, -0.15) is 0 Å². The fraction of sp³-hybridized carbons (Fsp3) is 0.190. The maximum atomic E-state index is 12.1. The molecule has 0 spiro atoms. The summed E-state index contributed by atoms with van der Waals surface area (Å²) in [7, 11) is 0. The molecule has 0 heterocycles. The van der Waals surface area contributed by atoms with Crippen molar-refractivity contribution in [2.45, 2.75) is 13.8 Å². The molecule has 140 valence electrons. The van der Waals surface area contributed by atoms with Crippen molar-refractivity contribution in [3.63, 3.8) is 0 Å². The van der Waals surface area contributed by atoms with Crippen LogP contribution in [0.2, 0.25) is 0 Å².